The van der Waals surface area contributed by atoms with E-state index in [9.17, 15) is 4.79 Å². The van der Waals surface area contributed by atoms with Crippen LogP contribution in [0.3, 0.4) is 0 Å². The highest BCUT2D eigenvalue weighted by Gasteiger charge is 2.40. The number of nitrogens with one attached hydrogen (secondary N) is 1. The molecule has 0 radical (unpaired) electrons. The molecule has 1 aliphatic rings. The van der Waals surface area contributed by atoms with Crippen molar-refractivity contribution in [1.82, 2.24) is 10.2 Å². The van der Waals surface area contributed by atoms with Crippen molar-refractivity contribution in [3.05, 3.63) is 0 Å². The minimum absolute atomic E-state index is 0.0696. The molecule has 0 aromatic heterocycles. The van der Waals surface area contributed by atoms with Crippen LogP contribution in [0.25, 0.3) is 0 Å². The van der Waals surface area contributed by atoms with E-state index in [1.807, 2.05) is 14.1 Å². The minimum atomic E-state index is 0.0696. The quantitative estimate of drug-likeness (QED) is 0.678. The van der Waals surface area contributed by atoms with Crippen LogP contribution in [0, 0.1) is 11.3 Å². The normalized spacial score (nSPS) is 25.5. The molecule has 2 unspecified atom stereocenters. The summed E-state index contributed by atoms with van der Waals surface area (Å²) in [6.07, 6.45) is 0.847. The van der Waals surface area contributed by atoms with Gasteiger partial charge in [-0.05, 0) is 25.9 Å². The van der Waals surface area contributed by atoms with Crippen LogP contribution in [0.2, 0.25) is 0 Å². The summed E-state index contributed by atoms with van der Waals surface area (Å²) in [5.41, 5.74) is 5.73. The maximum absolute atomic E-state index is 11.5. The molecular weight excluding hydrogens is 190 g/mol. The number of hydrogen-bond acceptors (Lipinski definition) is 3. The molecule has 0 heterocycles. The molecule has 0 spiro atoms. The standard InChI is InChI=1S/C11H23N3O/c1-11(2,7-14(3)4)6-13-10(15)8-5-9(8)12/h8-9H,5-7,12H2,1-4H3,(H,13,15). The fourth-order valence-corrected chi connectivity index (χ4v) is 1.89. The highest BCUT2D eigenvalue weighted by atomic mass is 16.2. The van der Waals surface area contributed by atoms with Gasteiger partial charge in [-0.2, -0.15) is 0 Å². The molecule has 88 valence electrons. The van der Waals surface area contributed by atoms with Crippen LogP contribution in [-0.2, 0) is 4.79 Å². The maximum atomic E-state index is 11.5. The summed E-state index contributed by atoms with van der Waals surface area (Å²) in [6, 6.07) is 0.0990. The van der Waals surface area contributed by atoms with E-state index in [1.165, 1.54) is 0 Å². The molecule has 0 aliphatic heterocycles. The smallest absolute Gasteiger partial charge is 0.224 e. The number of nitrogens with zero attached hydrogens (tertiary/aromatic N) is 1. The first-order valence-electron chi connectivity index (χ1n) is 5.50. The number of amides is 1. The lowest BCUT2D eigenvalue weighted by atomic mass is 9.93. The van der Waals surface area contributed by atoms with Gasteiger partial charge in [-0.3, -0.25) is 4.79 Å². The third-order valence-electron chi connectivity index (χ3n) is 2.66. The van der Waals surface area contributed by atoms with Crippen molar-refractivity contribution in [1.29, 1.82) is 0 Å². The van der Waals surface area contributed by atoms with E-state index in [-0.39, 0.29) is 23.3 Å². The summed E-state index contributed by atoms with van der Waals surface area (Å²) >= 11 is 0. The first-order chi connectivity index (χ1) is 6.82. The van der Waals surface area contributed by atoms with Gasteiger partial charge in [-0.1, -0.05) is 13.8 Å². The van der Waals surface area contributed by atoms with Gasteiger partial charge >= 0.3 is 0 Å². The SMILES string of the molecule is CN(C)CC(C)(C)CNC(=O)C1CC1N. The van der Waals surface area contributed by atoms with Crippen LogP contribution in [0.15, 0.2) is 0 Å². The molecule has 4 heteroatoms. The van der Waals surface area contributed by atoms with E-state index in [0.29, 0.717) is 6.54 Å². The highest BCUT2D eigenvalue weighted by molar-refractivity contribution is 5.82. The molecule has 1 fully saturated rings. The summed E-state index contributed by atoms with van der Waals surface area (Å²) in [7, 11) is 4.08. The lowest BCUT2D eigenvalue weighted by Gasteiger charge is -2.28. The Bertz CT molecular complexity index is 238. The summed E-state index contributed by atoms with van der Waals surface area (Å²) in [4.78, 5) is 13.7. The zero-order valence-corrected chi connectivity index (χ0v) is 10.2. The van der Waals surface area contributed by atoms with Crippen molar-refractivity contribution < 1.29 is 4.79 Å². The molecule has 4 nitrogen and oxygen atoms in total. The van der Waals surface area contributed by atoms with Crippen molar-refractivity contribution in [3.8, 4) is 0 Å². The predicted octanol–water partition coefficient (Wildman–Crippen LogP) is 0.0376. The summed E-state index contributed by atoms with van der Waals surface area (Å²) in [6.45, 7) is 5.98. The fraction of sp³-hybridized carbons (Fsp3) is 0.909. The fourth-order valence-electron chi connectivity index (χ4n) is 1.89. The second-order valence-corrected chi connectivity index (χ2v) is 5.63. The van der Waals surface area contributed by atoms with Gasteiger partial charge in [-0.25, -0.2) is 0 Å². The molecule has 2 atom stereocenters. The molecule has 0 saturated heterocycles. The lowest BCUT2D eigenvalue weighted by molar-refractivity contribution is -0.122. The zero-order chi connectivity index (χ0) is 11.6. The number of carbonyl (C=O) groups is 1. The van der Waals surface area contributed by atoms with E-state index >= 15 is 0 Å². The van der Waals surface area contributed by atoms with Crippen molar-refractivity contribution in [2.45, 2.75) is 26.3 Å². The molecule has 3 N–H and O–H groups in total. The summed E-state index contributed by atoms with van der Waals surface area (Å²) in [5, 5.41) is 2.98. The van der Waals surface area contributed by atoms with Crippen LogP contribution in [0.1, 0.15) is 20.3 Å². The topological polar surface area (TPSA) is 58.4 Å². The van der Waals surface area contributed by atoms with Crippen LogP contribution in [0.5, 0.6) is 0 Å². The Morgan fingerprint density at radius 3 is 2.47 bits per heavy atom. The van der Waals surface area contributed by atoms with Crippen molar-refractivity contribution in [3.63, 3.8) is 0 Å². The van der Waals surface area contributed by atoms with Gasteiger partial charge in [-0.15, -0.1) is 0 Å². The lowest BCUT2D eigenvalue weighted by Crippen LogP contribution is -2.41. The Labute approximate surface area is 92.2 Å². The van der Waals surface area contributed by atoms with Gasteiger partial charge in [0.1, 0.15) is 0 Å². The average molecular weight is 213 g/mol. The van der Waals surface area contributed by atoms with E-state index < -0.39 is 0 Å². The first-order valence-corrected chi connectivity index (χ1v) is 5.50. The van der Waals surface area contributed by atoms with Crippen molar-refractivity contribution in [2.24, 2.45) is 17.1 Å². The first kappa shape index (κ1) is 12.5. The maximum Gasteiger partial charge on any atom is 0.224 e. The molecule has 1 rings (SSSR count). The Morgan fingerprint density at radius 2 is 2.07 bits per heavy atom. The molecule has 0 aromatic rings. The molecule has 15 heavy (non-hydrogen) atoms. The van der Waals surface area contributed by atoms with Gasteiger partial charge in [0.2, 0.25) is 5.91 Å². The van der Waals surface area contributed by atoms with Gasteiger partial charge in [0.05, 0.1) is 5.92 Å². The van der Waals surface area contributed by atoms with Gasteiger partial charge in [0.25, 0.3) is 0 Å². The van der Waals surface area contributed by atoms with E-state index in [4.69, 9.17) is 5.73 Å². The molecule has 1 aliphatic carbocycles. The third-order valence-corrected chi connectivity index (χ3v) is 2.66. The number of rotatable bonds is 5. The van der Waals surface area contributed by atoms with Gasteiger partial charge in [0, 0.05) is 19.1 Å². The van der Waals surface area contributed by atoms with Crippen molar-refractivity contribution >= 4 is 5.91 Å². The Hall–Kier alpha value is -0.610. The number of carbonyl (C=O) groups excluding carboxylic acids is 1. The highest BCUT2D eigenvalue weighted by Crippen LogP contribution is 2.28. The summed E-state index contributed by atoms with van der Waals surface area (Å²) < 4.78 is 0. The molecular formula is C11H23N3O. The van der Waals surface area contributed by atoms with Crippen LogP contribution >= 0.6 is 0 Å². The predicted molar refractivity (Wildman–Crippen MR) is 61.4 cm³/mol. The van der Waals surface area contributed by atoms with E-state index in [2.05, 4.69) is 24.1 Å². The molecule has 1 saturated carbocycles. The Kier molecular flexibility index (Phi) is 3.73. The molecule has 0 aromatic carbocycles. The Morgan fingerprint density at radius 1 is 1.53 bits per heavy atom. The molecule has 0 bridgehead atoms. The van der Waals surface area contributed by atoms with Gasteiger partial charge < -0.3 is 16.0 Å². The average Bonchev–Trinajstić information content (AvgIpc) is 2.76. The minimum Gasteiger partial charge on any atom is -0.355 e. The van der Waals surface area contributed by atoms with Gasteiger partial charge in [0.15, 0.2) is 0 Å². The largest absolute Gasteiger partial charge is 0.355 e. The summed E-state index contributed by atoms with van der Waals surface area (Å²) in [5.74, 6) is 0.189. The van der Waals surface area contributed by atoms with E-state index in [0.717, 1.165) is 13.0 Å². The van der Waals surface area contributed by atoms with Crippen molar-refractivity contribution in [2.75, 3.05) is 27.2 Å². The van der Waals surface area contributed by atoms with Crippen LogP contribution in [0.4, 0.5) is 0 Å². The molecule has 1 amide bonds. The second-order valence-electron chi connectivity index (χ2n) is 5.63. The Balaban J connectivity index is 2.26. The van der Waals surface area contributed by atoms with Crippen LogP contribution < -0.4 is 11.1 Å². The number of nitrogens with two attached hydrogens (primary N) is 1. The number of hydrogen-bond donors (Lipinski definition) is 2. The third kappa shape index (κ3) is 4.18. The second kappa shape index (κ2) is 4.49. The zero-order valence-electron chi connectivity index (χ0n) is 10.2. The van der Waals surface area contributed by atoms with E-state index in [1.54, 1.807) is 0 Å². The van der Waals surface area contributed by atoms with Crippen LogP contribution in [-0.4, -0.2) is 44.0 Å². The monoisotopic (exact) mass is 213 g/mol.